The van der Waals surface area contributed by atoms with Crippen LogP contribution in [0.4, 0.5) is 5.95 Å². The van der Waals surface area contributed by atoms with Crippen molar-refractivity contribution in [3.63, 3.8) is 0 Å². The van der Waals surface area contributed by atoms with E-state index < -0.39 is 4.92 Å². The van der Waals surface area contributed by atoms with Crippen molar-refractivity contribution >= 4 is 5.95 Å². The van der Waals surface area contributed by atoms with Gasteiger partial charge >= 0.3 is 11.9 Å². The van der Waals surface area contributed by atoms with E-state index in [1.165, 1.54) is 17.1 Å². The lowest BCUT2D eigenvalue weighted by molar-refractivity contribution is -0.394. The summed E-state index contributed by atoms with van der Waals surface area (Å²) in [5.74, 6) is -0.187. The van der Waals surface area contributed by atoms with Crippen molar-refractivity contribution in [3.8, 4) is 5.95 Å². The number of imidazole rings is 1. The molecule has 8 nitrogen and oxygen atoms in total. The van der Waals surface area contributed by atoms with Crippen LogP contribution in [0.25, 0.3) is 5.95 Å². The first-order valence-electron chi connectivity index (χ1n) is 3.32. The number of aromatic amines is 1. The molecule has 0 unspecified atom stereocenters. The van der Waals surface area contributed by atoms with E-state index in [0.29, 0.717) is 0 Å². The van der Waals surface area contributed by atoms with Crippen LogP contribution < -0.4 is 0 Å². The van der Waals surface area contributed by atoms with Crippen molar-refractivity contribution in [2.75, 3.05) is 0 Å². The van der Waals surface area contributed by atoms with Crippen molar-refractivity contribution < 1.29 is 4.92 Å². The van der Waals surface area contributed by atoms with E-state index in [2.05, 4.69) is 20.2 Å². The van der Waals surface area contributed by atoms with Crippen LogP contribution in [0.1, 0.15) is 0 Å². The standard InChI is InChI=1S/C5H4N6O2/c12-11(13)5-7-4(8-9-5)10-2-1-6-3-10/h1-3H,(H,7,8,9). The third kappa shape index (κ3) is 1.24. The number of nitrogens with zero attached hydrogens (tertiary/aromatic N) is 5. The Morgan fingerprint density at radius 1 is 1.62 bits per heavy atom. The van der Waals surface area contributed by atoms with Gasteiger partial charge in [-0.15, -0.1) is 5.10 Å². The van der Waals surface area contributed by atoms with Gasteiger partial charge in [0.15, 0.2) is 0 Å². The first-order valence-corrected chi connectivity index (χ1v) is 3.32. The lowest BCUT2D eigenvalue weighted by Crippen LogP contribution is -1.93. The minimum Gasteiger partial charge on any atom is -0.390 e. The van der Waals surface area contributed by atoms with Gasteiger partial charge in [0.2, 0.25) is 0 Å². The molecule has 66 valence electrons. The molecule has 13 heavy (non-hydrogen) atoms. The van der Waals surface area contributed by atoms with E-state index in [4.69, 9.17) is 0 Å². The molecule has 1 N–H and O–H groups in total. The number of hydrogen-bond donors (Lipinski definition) is 1. The summed E-state index contributed by atoms with van der Waals surface area (Å²) in [7, 11) is 0. The second-order valence-corrected chi connectivity index (χ2v) is 2.19. The van der Waals surface area contributed by atoms with Crippen LogP contribution in [0.2, 0.25) is 0 Å². The minimum atomic E-state index is -0.645. The van der Waals surface area contributed by atoms with Gasteiger partial charge in [-0.3, -0.25) is 4.57 Å². The average Bonchev–Trinajstić information content (AvgIpc) is 2.75. The molecule has 0 bridgehead atoms. The molecule has 8 heteroatoms. The Kier molecular flexibility index (Phi) is 1.51. The lowest BCUT2D eigenvalue weighted by atomic mass is 10.8. The van der Waals surface area contributed by atoms with Gasteiger partial charge < -0.3 is 10.1 Å². The topological polar surface area (TPSA) is 103 Å². The van der Waals surface area contributed by atoms with Gasteiger partial charge in [-0.2, -0.15) is 0 Å². The molecular formula is C5H4N6O2. The van der Waals surface area contributed by atoms with E-state index in [1.807, 2.05) is 0 Å². The second kappa shape index (κ2) is 2.66. The van der Waals surface area contributed by atoms with Crippen molar-refractivity contribution in [2.45, 2.75) is 0 Å². The van der Waals surface area contributed by atoms with Gasteiger partial charge in [0.05, 0.1) is 0 Å². The van der Waals surface area contributed by atoms with Crippen LogP contribution >= 0.6 is 0 Å². The van der Waals surface area contributed by atoms with Gasteiger partial charge in [0.1, 0.15) is 6.33 Å². The van der Waals surface area contributed by atoms with E-state index in [0.717, 1.165) is 0 Å². The van der Waals surface area contributed by atoms with Crippen LogP contribution in [0.3, 0.4) is 0 Å². The number of aromatic nitrogens is 5. The summed E-state index contributed by atoms with van der Waals surface area (Å²) in [5.41, 5.74) is 0. The maximum atomic E-state index is 10.2. The molecule has 0 fully saturated rings. The highest BCUT2D eigenvalue weighted by molar-refractivity contribution is 5.15. The Morgan fingerprint density at radius 3 is 3.00 bits per heavy atom. The highest BCUT2D eigenvalue weighted by Gasteiger charge is 2.14. The maximum absolute atomic E-state index is 10.2. The highest BCUT2D eigenvalue weighted by Crippen LogP contribution is 2.04. The lowest BCUT2D eigenvalue weighted by Gasteiger charge is -1.85. The zero-order chi connectivity index (χ0) is 9.26. The van der Waals surface area contributed by atoms with Gasteiger partial charge in [-0.05, 0) is 9.91 Å². The van der Waals surface area contributed by atoms with Crippen LogP contribution in [0.5, 0.6) is 0 Å². The number of nitrogens with one attached hydrogen (secondary N) is 1. The molecule has 0 aliphatic heterocycles. The second-order valence-electron chi connectivity index (χ2n) is 2.19. The average molecular weight is 180 g/mol. The van der Waals surface area contributed by atoms with Gasteiger partial charge in [0, 0.05) is 12.4 Å². The Balaban J connectivity index is 2.39. The Morgan fingerprint density at radius 2 is 2.46 bits per heavy atom. The summed E-state index contributed by atoms with van der Waals surface area (Å²) in [6.07, 6.45) is 4.57. The summed E-state index contributed by atoms with van der Waals surface area (Å²) < 4.78 is 1.46. The largest absolute Gasteiger partial charge is 0.455 e. The number of H-pyrrole nitrogens is 1. The summed E-state index contributed by atoms with van der Waals surface area (Å²) in [6, 6.07) is 0. The fraction of sp³-hybridized carbons (Fsp3) is 0. The maximum Gasteiger partial charge on any atom is 0.455 e. The van der Waals surface area contributed by atoms with Crippen LogP contribution in [-0.2, 0) is 0 Å². The van der Waals surface area contributed by atoms with Gasteiger partial charge in [-0.25, -0.2) is 4.98 Å². The zero-order valence-corrected chi connectivity index (χ0v) is 6.28. The molecule has 0 aliphatic carbocycles. The number of hydrogen-bond acceptors (Lipinski definition) is 5. The van der Waals surface area contributed by atoms with Crippen LogP contribution in [0.15, 0.2) is 18.7 Å². The van der Waals surface area contributed by atoms with Crippen LogP contribution in [0, 0.1) is 10.1 Å². The predicted octanol–water partition coefficient (Wildman–Crippen LogP) is -0.101. The molecule has 0 saturated carbocycles. The number of nitro groups is 1. The molecule has 2 aromatic rings. The first kappa shape index (κ1) is 7.40. The normalized spacial score (nSPS) is 10.2. The molecule has 2 aromatic heterocycles. The molecule has 2 rings (SSSR count). The predicted molar refractivity (Wildman–Crippen MR) is 40.2 cm³/mol. The van der Waals surface area contributed by atoms with E-state index in [1.54, 1.807) is 6.20 Å². The summed E-state index contributed by atoms with van der Waals surface area (Å²) >= 11 is 0. The first-order chi connectivity index (χ1) is 6.27. The third-order valence-corrected chi connectivity index (χ3v) is 1.37. The molecule has 0 saturated heterocycles. The zero-order valence-electron chi connectivity index (χ0n) is 6.28. The molecule has 0 aliphatic rings. The van der Waals surface area contributed by atoms with Crippen molar-refractivity contribution in [3.05, 3.63) is 28.8 Å². The summed E-state index contributed by atoms with van der Waals surface area (Å²) in [4.78, 5) is 16.9. The minimum absolute atomic E-state index is 0.198. The highest BCUT2D eigenvalue weighted by atomic mass is 16.6. The van der Waals surface area contributed by atoms with E-state index >= 15 is 0 Å². The smallest absolute Gasteiger partial charge is 0.390 e. The van der Waals surface area contributed by atoms with Gasteiger partial charge in [0.25, 0.3) is 0 Å². The SMILES string of the molecule is O=[N+]([O-])c1nc(-n2ccnc2)n[nH]1. The van der Waals surface area contributed by atoms with E-state index in [9.17, 15) is 10.1 Å². The quantitative estimate of drug-likeness (QED) is 0.513. The van der Waals surface area contributed by atoms with Crippen molar-refractivity contribution in [1.82, 2.24) is 24.7 Å². The van der Waals surface area contributed by atoms with Crippen LogP contribution in [-0.4, -0.2) is 29.7 Å². The molecule has 0 aromatic carbocycles. The molecule has 0 radical (unpaired) electrons. The number of rotatable bonds is 2. The Labute approximate surface area is 71.4 Å². The van der Waals surface area contributed by atoms with Crippen molar-refractivity contribution in [1.29, 1.82) is 0 Å². The molecule has 0 atom stereocenters. The Hall–Kier alpha value is -2.25. The fourth-order valence-electron chi connectivity index (χ4n) is 0.819. The summed E-state index contributed by atoms with van der Waals surface area (Å²) in [6.45, 7) is 0. The monoisotopic (exact) mass is 180 g/mol. The molecule has 2 heterocycles. The summed E-state index contributed by atoms with van der Waals surface area (Å²) in [5, 5.41) is 16.0. The molecular weight excluding hydrogens is 176 g/mol. The fourth-order valence-corrected chi connectivity index (χ4v) is 0.819. The Bertz CT molecular complexity index is 418. The third-order valence-electron chi connectivity index (χ3n) is 1.37. The molecule has 0 spiro atoms. The van der Waals surface area contributed by atoms with E-state index in [-0.39, 0.29) is 11.9 Å². The van der Waals surface area contributed by atoms with Gasteiger partial charge in [-0.1, -0.05) is 5.10 Å². The molecule has 0 amide bonds. The van der Waals surface area contributed by atoms with Crippen molar-refractivity contribution in [2.24, 2.45) is 0 Å².